The van der Waals surface area contributed by atoms with Crippen LogP contribution in [0.25, 0.3) is 0 Å². The number of hydrogen-bond donors (Lipinski definition) is 2. The van der Waals surface area contributed by atoms with E-state index in [2.05, 4.69) is 20.6 Å². The predicted octanol–water partition coefficient (Wildman–Crippen LogP) is 3.64. The summed E-state index contributed by atoms with van der Waals surface area (Å²) >= 11 is 12.1. The zero-order valence-electron chi connectivity index (χ0n) is 13.7. The number of halogens is 3. The zero-order chi connectivity index (χ0) is 16.7. The van der Waals surface area contributed by atoms with Crippen molar-refractivity contribution in [1.82, 2.24) is 20.2 Å². The number of rotatable bonds is 6. The van der Waals surface area contributed by atoms with Crippen LogP contribution in [0.1, 0.15) is 18.3 Å². The Bertz CT molecular complexity index is 658. The van der Waals surface area contributed by atoms with Crippen LogP contribution >= 0.6 is 47.2 Å². The molecule has 0 unspecified atom stereocenters. The Labute approximate surface area is 169 Å². The van der Waals surface area contributed by atoms with Crippen LogP contribution in [0, 0.1) is 0 Å². The van der Waals surface area contributed by atoms with E-state index in [1.165, 1.54) is 0 Å². The van der Waals surface area contributed by atoms with Gasteiger partial charge in [-0.2, -0.15) is 0 Å². The largest absolute Gasteiger partial charge is 0.357 e. The fraction of sp³-hybridized carbons (Fsp3) is 0.375. The molecule has 0 atom stereocenters. The smallest absolute Gasteiger partial charge is 0.191 e. The number of guanidine groups is 1. The van der Waals surface area contributed by atoms with E-state index in [4.69, 9.17) is 23.2 Å². The minimum Gasteiger partial charge on any atom is -0.357 e. The monoisotopic (exact) mass is 481 g/mol. The third-order valence-corrected chi connectivity index (χ3v) is 4.20. The summed E-state index contributed by atoms with van der Waals surface area (Å²) in [5, 5.41) is 7.61. The highest BCUT2D eigenvalue weighted by atomic mass is 127. The number of hydrogen-bond acceptors (Lipinski definition) is 2. The van der Waals surface area contributed by atoms with E-state index in [0.717, 1.165) is 36.9 Å². The Morgan fingerprint density at radius 3 is 2.67 bits per heavy atom. The van der Waals surface area contributed by atoms with Gasteiger partial charge >= 0.3 is 0 Å². The number of aliphatic imine (C=N–C) groups is 1. The van der Waals surface area contributed by atoms with Crippen molar-refractivity contribution >= 4 is 53.1 Å². The van der Waals surface area contributed by atoms with E-state index in [1.54, 1.807) is 6.20 Å². The van der Waals surface area contributed by atoms with Crippen LogP contribution in [0.5, 0.6) is 0 Å². The molecule has 132 valence electrons. The lowest BCUT2D eigenvalue weighted by Gasteiger charge is -2.11. The van der Waals surface area contributed by atoms with Crippen molar-refractivity contribution in [3.05, 3.63) is 52.0 Å². The lowest BCUT2D eigenvalue weighted by atomic mass is 10.3. The lowest BCUT2D eigenvalue weighted by Crippen LogP contribution is -2.38. The number of aromatic nitrogens is 2. The van der Waals surface area contributed by atoms with Gasteiger partial charge in [-0.25, -0.2) is 4.99 Å². The highest BCUT2D eigenvalue weighted by Crippen LogP contribution is 2.25. The summed E-state index contributed by atoms with van der Waals surface area (Å²) < 4.78 is 1.84. The highest BCUT2D eigenvalue weighted by molar-refractivity contribution is 14.0. The van der Waals surface area contributed by atoms with Gasteiger partial charge < -0.3 is 15.2 Å². The van der Waals surface area contributed by atoms with Gasteiger partial charge in [0.15, 0.2) is 5.96 Å². The number of nitrogens with one attached hydrogen (secondary N) is 2. The molecule has 8 heteroatoms. The summed E-state index contributed by atoms with van der Waals surface area (Å²) in [7, 11) is 1.88. The first-order chi connectivity index (χ1) is 11.1. The Hall–Kier alpha value is -0.990. The van der Waals surface area contributed by atoms with Gasteiger partial charge in [0, 0.05) is 44.1 Å². The van der Waals surface area contributed by atoms with Gasteiger partial charge in [-0.05, 0) is 25.1 Å². The molecule has 5 nitrogen and oxygen atoms in total. The van der Waals surface area contributed by atoms with E-state index >= 15 is 0 Å². The van der Waals surface area contributed by atoms with E-state index < -0.39 is 0 Å². The van der Waals surface area contributed by atoms with Crippen molar-refractivity contribution < 1.29 is 0 Å². The van der Waals surface area contributed by atoms with Gasteiger partial charge in [0.1, 0.15) is 5.15 Å². The quantitative estimate of drug-likeness (QED) is 0.376. The average Bonchev–Trinajstić information content (AvgIpc) is 2.81. The van der Waals surface area contributed by atoms with Gasteiger partial charge in [-0.15, -0.1) is 24.0 Å². The van der Waals surface area contributed by atoms with E-state index in [1.807, 2.05) is 42.8 Å². The minimum absolute atomic E-state index is 0. The van der Waals surface area contributed by atoms with Crippen molar-refractivity contribution in [3.8, 4) is 0 Å². The SMILES string of the molecule is CCNC(=NCc1cc(Cl)c(Cl)n1C)NCCc1ccccn1.I. The molecule has 0 aliphatic heterocycles. The van der Waals surface area contributed by atoms with Crippen molar-refractivity contribution in [3.63, 3.8) is 0 Å². The summed E-state index contributed by atoms with van der Waals surface area (Å²) in [6.45, 7) is 4.09. The lowest BCUT2D eigenvalue weighted by molar-refractivity contribution is 0.773. The molecule has 0 saturated carbocycles. The van der Waals surface area contributed by atoms with Crippen LogP contribution in [-0.2, 0) is 20.0 Å². The summed E-state index contributed by atoms with van der Waals surface area (Å²) in [5.74, 6) is 0.761. The summed E-state index contributed by atoms with van der Waals surface area (Å²) in [6.07, 6.45) is 2.64. The average molecular weight is 482 g/mol. The van der Waals surface area contributed by atoms with Gasteiger partial charge in [0.05, 0.1) is 11.6 Å². The summed E-state index contributed by atoms with van der Waals surface area (Å²) in [4.78, 5) is 8.87. The molecule has 24 heavy (non-hydrogen) atoms. The molecule has 0 saturated heterocycles. The van der Waals surface area contributed by atoms with Gasteiger partial charge in [-0.1, -0.05) is 29.3 Å². The van der Waals surface area contributed by atoms with Crippen LogP contribution in [0.4, 0.5) is 0 Å². The van der Waals surface area contributed by atoms with Gasteiger partial charge in [0.25, 0.3) is 0 Å². The zero-order valence-corrected chi connectivity index (χ0v) is 17.6. The fourth-order valence-electron chi connectivity index (χ4n) is 2.10. The van der Waals surface area contributed by atoms with Gasteiger partial charge in [0.2, 0.25) is 0 Å². The molecule has 0 radical (unpaired) electrons. The van der Waals surface area contributed by atoms with Gasteiger partial charge in [-0.3, -0.25) is 4.98 Å². The third-order valence-electron chi connectivity index (χ3n) is 3.36. The van der Waals surface area contributed by atoms with Crippen LogP contribution in [0.3, 0.4) is 0 Å². The normalized spacial score (nSPS) is 11.1. The Balaban J connectivity index is 0.00000288. The van der Waals surface area contributed by atoms with Crippen molar-refractivity contribution in [1.29, 1.82) is 0 Å². The fourth-order valence-corrected chi connectivity index (χ4v) is 2.51. The molecule has 0 aromatic carbocycles. The Morgan fingerprint density at radius 2 is 2.08 bits per heavy atom. The topological polar surface area (TPSA) is 54.2 Å². The second-order valence-corrected chi connectivity index (χ2v) is 5.79. The molecule has 0 spiro atoms. The van der Waals surface area contributed by atoms with E-state index in [0.29, 0.717) is 16.7 Å². The molecule has 0 amide bonds. The van der Waals surface area contributed by atoms with Crippen LogP contribution in [0.15, 0.2) is 35.5 Å². The first-order valence-corrected chi connectivity index (χ1v) is 8.29. The van der Waals surface area contributed by atoms with Crippen molar-refractivity contribution in [2.45, 2.75) is 19.9 Å². The highest BCUT2D eigenvalue weighted by Gasteiger charge is 2.08. The molecule has 2 N–H and O–H groups in total. The Morgan fingerprint density at radius 1 is 1.29 bits per heavy atom. The molecule has 0 fully saturated rings. The molecule has 2 aromatic rings. The second kappa shape index (κ2) is 10.8. The molecular formula is C16H22Cl2IN5. The first kappa shape index (κ1) is 21.1. The maximum Gasteiger partial charge on any atom is 0.191 e. The maximum atomic E-state index is 6.07. The number of pyridine rings is 1. The number of nitrogens with zero attached hydrogens (tertiary/aromatic N) is 3. The maximum absolute atomic E-state index is 6.07. The van der Waals surface area contributed by atoms with E-state index in [9.17, 15) is 0 Å². The van der Waals surface area contributed by atoms with Crippen LogP contribution in [-0.4, -0.2) is 28.6 Å². The minimum atomic E-state index is 0. The van der Waals surface area contributed by atoms with Crippen LogP contribution < -0.4 is 10.6 Å². The second-order valence-electron chi connectivity index (χ2n) is 5.03. The standard InChI is InChI=1S/C16H21Cl2N5.HI/c1-3-19-16(21-9-7-12-6-4-5-8-20-12)22-11-13-10-14(17)15(18)23(13)2;/h4-6,8,10H,3,7,9,11H2,1-2H3,(H2,19,21,22);1H. The molecule has 2 aromatic heterocycles. The predicted molar refractivity (Wildman–Crippen MR) is 112 cm³/mol. The molecular weight excluding hydrogens is 460 g/mol. The summed E-state index contributed by atoms with van der Waals surface area (Å²) in [6, 6.07) is 7.76. The molecule has 0 bridgehead atoms. The van der Waals surface area contributed by atoms with E-state index in [-0.39, 0.29) is 24.0 Å². The third kappa shape index (κ3) is 6.14. The molecule has 0 aliphatic carbocycles. The van der Waals surface area contributed by atoms with Crippen molar-refractivity contribution in [2.24, 2.45) is 12.0 Å². The van der Waals surface area contributed by atoms with Crippen molar-refractivity contribution in [2.75, 3.05) is 13.1 Å². The molecule has 2 rings (SSSR count). The van der Waals surface area contributed by atoms with Crippen LogP contribution in [0.2, 0.25) is 10.2 Å². The Kier molecular flexibility index (Phi) is 9.46. The molecule has 0 aliphatic rings. The first-order valence-electron chi connectivity index (χ1n) is 7.53. The molecule has 2 heterocycles. The summed E-state index contributed by atoms with van der Waals surface area (Å²) in [5.41, 5.74) is 2.01.